The summed E-state index contributed by atoms with van der Waals surface area (Å²) >= 11 is 0. The molecule has 2 aromatic rings. The Kier molecular flexibility index (Phi) is 5.70. The van der Waals surface area contributed by atoms with Gasteiger partial charge in [0.15, 0.2) is 6.61 Å². The van der Waals surface area contributed by atoms with Gasteiger partial charge < -0.3 is 4.74 Å². The summed E-state index contributed by atoms with van der Waals surface area (Å²) < 4.78 is 69.1. The third-order valence-electron chi connectivity index (χ3n) is 4.21. The number of nitriles is 1. The van der Waals surface area contributed by atoms with Crippen LogP contribution in [-0.4, -0.2) is 27.8 Å². The lowest BCUT2D eigenvalue weighted by molar-refractivity contribution is -0.137. The highest BCUT2D eigenvalue weighted by Gasteiger charge is 2.32. The van der Waals surface area contributed by atoms with E-state index in [2.05, 4.69) is 10.1 Å². The molecule has 7 nitrogen and oxygen atoms in total. The standard InChI is InChI=1S/C18H17F3N4O3S/c1-29(26,27)23-11-16-15-10-14(28-9-8-22)6-7-17(15)25(24-16)13-4-2-12(3-5-13)18(19,20)21/h2-7,10,16,23-24H,9,11H2,1H3. The molecule has 0 amide bonds. The Balaban J connectivity index is 1.93. The first-order valence-corrected chi connectivity index (χ1v) is 10.3. The maximum absolute atomic E-state index is 12.8. The molecule has 1 atom stereocenters. The van der Waals surface area contributed by atoms with Gasteiger partial charge in [-0.05, 0) is 42.5 Å². The second-order valence-corrected chi connectivity index (χ2v) is 8.18. The number of hydrogen-bond donors (Lipinski definition) is 2. The van der Waals surface area contributed by atoms with Gasteiger partial charge in [-0.25, -0.2) is 18.6 Å². The highest BCUT2D eigenvalue weighted by atomic mass is 32.2. The van der Waals surface area contributed by atoms with Gasteiger partial charge >= 0.3 is 6.18 Å². The first kappa shape index (κ1) is 20.9. The third-order valence-corrected chi connectivity index (χ3v) is 4.90. The molecule has 3 rings (SSSR count). The van der Waals surface area contributed by atoms with Crippen molar-refractivity contribution in [2.24, 2.45) is 0 Å². The Morgan fingerprint density at radius 2 is 1.93 bits per heavy atom. The van der Waals surface area contributed by atoms with Crippen LogP contribution in [0.15, 0.2) is 42.5 Å². The predicted molar refractivity (Wildman–Crippen MR) is 99.9 cm³/mol. The van der Waals surface area contributed by atoms with E-state index in [4.69, 9.17) is 10.00 Å². The maximum Gasteiger partial charge on any atom is 0.416 e. The molecule has 0 fully saturated rings. The SMILES string of the molecule is CS(=O)(=O)NCC1NN(c2ccc(C(F)(F)F)cc2)c2ccc(OCC#N)cc21. The molecule has 1 unspecified atom stereocenters. The van der Waals surface area contributed by atoms with Crippen LogP contribution in [0.1, 0.15) is 17.2 Å². The van der Waals surface area contributed by atoms with Crippen molar-refractivity contribution in [3.05, 3.63) is 53.6 Å². The predicted octanol–water partition coefficient (Wildman–Crippen LogP) is 2.85. The Morgan fingerprint density at radius 3 is 2.52 bits per heavy atom. The summed E-state index contributed by atoms with van der Waals surface area (Å²) in [6.45, 7) is -0.133. The van der Waals surface area contributed by atoms with Gasteiger partial charge in [-0.1, -0.05) is 0 Å². The number of nitrogens with zero attached hydrogens (tertiary/aromatic N) is 2. The zero-order valence-corrected chi connectivity index (χ0v) is 16.0. The average molecular weight is 426 g/mol. The number of benzene rings is 2. The number of hydrogen-bond acceptors (Lipinski definition) is 6. The van der Waals surface area contributed by atoms with Gasteiger partial charge in [0.1, 0.15) is 11.8 Å². The maximum atomic E-state index is 12.8. The van der Waals surface area contributed by atoms with Crippen LogP contribution in [0.5, 0.6) is 5.75 Å². The number of nitrogens with one attached hydrogen (secondary N) is 2. The Bertz CT molecular complexity index is 1030. The number of anilines is 2. The molecule has 2 aromatic carbocycles. The van der Waals surface area contributed by atoms with E-state index in [9.17, 15) is 21.6 Å². The average Bonchev–Trinajstić information content (AvgIpc) is 3.01. The molecule has 1 aliphatic heterocycles. The van der Waals surface area contributed by atoms with E-state index in [1.54, 1.807) is 23.2 Å². The lowest BCUT2D eigenvalue weighted by Crippen LogP contribution is -2.36. The molecule has 1 heterocycles. The normalized spacial score (nSPS) is 16.4. The van der Waals surface area contributed by atoms with Crippen molar-refractivity contribution in [3.8, 4) is 11.8 Å². The summed E-state index contributed by atoms with van der Waals surface area (Å²) in [7, 11) is -3.45. The van der Waals surface area contributed by atoms with Crippen molar-refractivity contribution in [2.45, 2.75) is 12.2 Å². The lowest BCUT2D eigenvalue weighted by atomic mass is 10.1. The van der Waals surface area contributed by atoms with Crippen LogP contribution in [0, 0.1) is 11.3 Å². The fourth-order valence-corrected chi connectivity index (χ4v) is 3.39. The molecule has 154 valence electrons. The van der Waals surface area contributed by atoms with Crippen molar-refractivity contribution < 1.29 is 26.3 Å². The fourth-order valence-electron chi connectivity index (χ4n) is 2.92. The molecule has 11 heteroatoms. The van der Waals surface area contributed by atoms with E-state index in [-0.39, 0.29) is 13.2 Å². The molecule has 1 aliphatic rings. The van der Waals surface area contributed by atoms with Crippen molar-refractivity contribution in [3.63, 3.8) is 0 Å². The van der Waals surface area contributed by atoms with Crippen LogP contribution in [0.25, 0.3) is 0 Å². The van der Waals surface area contributed by atoms with E-state index < -0.39 is 27.8 Å². The zero-order chi connectivity index (χ0) is 21.2. The first-order valence-electron chi connectivity index (χ1n) is 8.40. The molecular formula is C18H17F3N4O3S. The van der Waals surface area contributed by atoms with Crippen LogP contribution in [0.3, 0.4) is 0 Å². The zero-order valence-electron chi connectivity index (χ0n) is 15.2. The molecule has 0 spiro atoms. The Labute approximate surface area is 165 Å². The first-order chi connectivity index (χ1) is 13.6. The van der Waals surface area contributed by atoms with Gasteiger partial charge in [0, 0.05) is 12.1 Å². The van der Waals surface area contributed by atoms with Gasteiger partial charge in [0.25, 0.3) is 0 Å². The Hall–Kier alpha value is -2.81. The summed E-state index contributed by atoms with van der Waals surface area (Å²) in [5, 5.41) is 10.2. The molecular weight excluding hydrogens is 409 g/mol. The van der Waals surface area contributed by atoms with Crippen LogP contribution in [0.2, 0.25) is 0 Å². The number of alkyl halides is 3. The van der Waals surface area contributed by atoms with Gasteiger partial charge in [-0.15, -0.1) is 0 Å². The van der Waals surface area contributed by atoms with Gasteiger partial charge in [0.2, 0.25) is 10.0 Å². The second kappa shape index (κ2) is 7.90. The number of halogens is 3. The molecule has 0 aromatic heterocycles. The minimum Gasteiger partial charge on any atom is -0.479 e. The molecule has 29 heavy (non-hydrogen) atoms. The summed E-state index contributed by atoms with van der Waals surface area (Å²) in [4.78, 5) is 0. The van der Waals surface area contributed by atoms with E-state index in [1.165, 1.54) is 12.1 Å². The number of fused-ring (bicyclic) bond motifs is 1. The summed E-state index contributed by atoms with van der Waals surface area (Å²) in [6.07, 6.45) is -3.41. The second-order valence-electron chi connectivity index (χ2n) is 6.35. The summed E-state index contributed by atoms with van der Waals surface area (Å²) in [5.41, 5.74) is 4.09. The van der Waals surface area contributed by atoms with Crippen LogP contribution >= 0.6 is 0 Å². The van der Waals surface area contributed by atoms with Crippen molar-refractivity contribution in [1.29, 1.82) is 5.26 Å². The van der Waals surface area contributed by atoms with Gasteiger partial charge in [0.05, 0.1) is 29.2 Å². The van der Waals surface area contributed by atoms with Gasteiger partial charge in [-0.3, -0.25) is 5.01 Å². The van der Waals surface area contributed by atoms with E-state index >= 15 is 0 Å². The van der Waals surface area contributed by atoms with Crippen molar-refractivity contribution in [2.75, 3.05) is 24.4 Å². The van der Waals surface area contributed by atoms with E-state index in [1.807, 2.05) is 6.07 Å². The number of hydrazine groups is 1. The number of rotatable bonds is 6. The summed E-state index contributed by atoms with van der Waals surface area (Å²) in [5.74, 6) is 0.422. The monoisotopic (exact) mass is 426 g/mol. The molecule has 0 saturated carbocycles. The molecule has 0 aliphatic carbocycles. The van der Waals surface area contributed by atoms with Crippen LogP contribution in [-0.2, 0) is 16.2 Å². The molecule has 0 saturated heterocycles. The van der Waals surface area contributed by atoms with Crippen LogP contribution in [0.4, 0.5) is 24.5 Å². The molecule has 2 N–H and O–H groups in total. The fraction of sp³-hybridized carbons (Fsp3) is 0.278. The number of sulfonamides is 1. The van der Waals surface area contributed by atoms with Gasteiger partial charge in [-0.2, -0.15) is 18.4 Å². The molecule has 0 radical (unpaired) electrons. The minimum absolute atomic E-state index is 0.0185. The smallest absolute Gasteiger partial charge is 0.416 e. The van der Waals surface area contributed by atoms with Crippen molar-refractivity contribution in [1.82, 2.24) is 10.1 Å². The summed E-state index contributed by atoms with van der Waals surface area (Å²) in [6, 6.07) is 10.9. The minimum atomic E-state index is -4.44. The lowest BCUT2D eigenvalue weighted by Gasteiger charge is -2.21. The molecule has 0 bridgehead atoms. The van der Waals surface area contributed by atoms with E-state index in [0.29, 0.717) is 22.7 Å². The van der Waals surface area contributed by atoms with Crippen molar-refractivity contribution >= 4 is 21.4 Å². The highest BCUT2D eigenvalue weighted by Crippen LogP contribution is 2.40. The quantitative estimate of drug-likeness (QED) is 0.738. The van der Waals surface area contributed by atoms with E-state index in [0.717, 1.165) is 18.4 Å². The highest BCUT2D eigenvalue weighted by molar-refractivity contribution is 7.88. The Morgan fingerprint density at radius 1 is 1.24 bits per heavy atom. The third kappa shape index (κ3) is 4.97. The topological polar surface area (TPSA) is 94.5 Å². The van der Waals surface area contributed by atoms with Crippen LogP contribution < -0.4 is 19.9 Å². The number of ether oxygens (including phenoxy) is 1. The largest absolute Gasteiger partial charge is 0.479 e.